The number of rotatable bonds is 7. The Hall–Kier alpha value is -3.69. The van der Waals surface area contributed by atoms with Gasteiger partial charge in [-0.25, -0.2) is 19.2 Å². The number of ether oxygens (including phenoxy) is 5. The van der Waals surface area contributed by atoms with Gasteiger partial charge in [-0.1, -0.05) is 39.5 Å². The molecule has 1 N–H and O–H groups in total. The summed E-state index contributed by atoms with van der Waals surface area (Å²) < 4.78 is 48.5. The van der Waals surface area contributed by atoms with Crippen molar-refractivity contribution in [3.63, 3.8) is 0 Å². The van der Waals surface area contributed by atoms with E-state index >= 15 is 9.18 Å². The summed E-state index contributed by atoms with van der Waals surface area (Å²) in [4.78, 5) is 71.0. The van der Waals surface area contributed by atoms with Gasteiger partial charge in [-0.3, -0.25) is 19.3 Å². The number of alkyl halides is 1. The lowest BCUT2D eigenvalue weighted by atomic mass is 9.62. The maximum atomic E-state index is 17.1. The zero-order chi connectivity index (χ0) is 44.1. The van der Waals surface area contributed by atoms with Crippen molar-refractivity contribution in [2.24, 2.45) is 23.2 Å². The first-order valence-corrected chi connectivity index (χ1v) is 21.5. The van der Waals surface area contributed by atoms with Crippen LogP contribution in [0, 0.1) is 35.0 Å². The largest absolute Gasteiger partial charge is 0.455 e. The Balaban J connectivity index is 1.44. The highest BCUT2D eigenvalue weighted by molar-refractivity contribution is 7.15. The molecule has 0 aromatic carbocycles. The van der Waals surface area contributed by atoms with E-state index in [1.54, 1.807) is 65.0 Å². The Morgan fingerprint density at radius 1 is 1.07 bits per heavy atom. The molecule has 0 bridgehead atoms. The molecule has 14 nitrogen and oxygen atoms in total. The first-order chi connectivity index (χ1) is 28.1. The molecule has 0 spiro atoms. The van der Waals surface area contributed by atoms with E-state index in [9.17, 15) is 19.5 Å². The Kier molecular flexibility index (Phi) is 13.2. The summed E-state index contributed by atoms with van der Waals surface area (Å²) in [5.74, 6) is 0.275. The van der Waals surface area contributed by atoms with Gasteiger partial charge in [0.2, 0.25) is 0 Å². The quantitative estimate of drug-likeness (QED) is 0.239. The summed E-state index contributed by atoms with van der Waals surface area (Å²) in [6.45, 7) is 12.6. The Bertz CT molecular complexity index is 2010. The second-order valence-corrected chi connectivity index (χ2v) is 19.1. The number of halogens is 1. The number of carbonyl (C=O) groups excluding carboxylic acids is 4. The van der Waals surface area contributed by atoms with Crippen LogP contribution < -0.4 is 0 Å². The van der Waals surface area contributed by atoms with E-state index in [1.165, 1.54) is 18.3 Å². The smallest absolute Gasteiger partial charge is 0.351 e. The van der Waals surface area contributed by atoms with Crippen LogP contribution >= 0.6 is 11.3 Å². The molecule has 2 aromatic heterocycles. The van der Waals surface area contributed by atoms with Crippen LogP contribution in [0.4, 0.5) is 4.39 Å². The molecule has 6 heterocycles. The second-order valence-electron chi connectivity index (χ2n) is 18.1. The first-order valence-electron chi connectivity index (χ1n) is 20.7. The zero-order valence-electron chi connectivity index (χ0n) is 36.4. The molecule has 328 valence electrons. The molecule has 4 aliphatic rings. The van der Waals surface area contributed by atoms with Crippen LogP contribution in [0.25, 0.3) is 10.7 Å². The average Bonchev–Trinajstić information content (AvgIpc) is 3.87. The van der Waals surface area contributed by atoms with Gasteiger partial charge in [-0.2, -0.15) is 0 Å². The molecule has 0 radical (unpaired) electrons. The minimum Gasteiger partial charge on any atom is -0.455 e. The summed E-state index contributed by atoms with van der Waals surface area (Å²) in [5, 5.41) is 11.6. The molecule has 14 atom stereocenters. The van der Waals surface area contributed by atoms with Gasteiger partial charge in [-0.05, 0) is 86.3 Å². The molecule has 0 aliphatic carbocycles. The fraction of sp³-hybridized carbons (Fsp3) is 0.682. The number of cyclic esters (lactones) is 1. The van der Waals surface area contributed by atoms with Gasteiger partial charge >= 0.3 is 11.9 Å². The number of likely N-dealkylation sites (N-methyl/N-ethyl adjacent to an activating group) is 2. The monoisotopic (exact) mass is 854 g/mol. The number of ketones is 2. The summed E-state index contributed by atoms with van der Waals surface area (Å²) in [5.41, 5.74) is -7.55. The zero-order valence-corrected chi connectivity index (χ0v) is 37.2. The predicted molar refractivity (Wildman–Crippen MR) is 219 cm³/mol. The molecular weight excluding hydrogens is 796 g/mol. The molecule has 16 heteroatoms. The molecular formula is C44H59FN4O10S. The normalized spacial score (nSPS) is 40.4. The minimum atomic E-state index is -3.21. The van der Waals surface area contributed by atoms with E-state index < -0.39 is 94.4 Å². The summed E-state index contributed by atoms with van der Waals surface area (Å²) in [6, 6.07) is 4.20. The molecule has 0 amide bonds. The predicted octanol–water partition coefficient (Wildman–Crippen LogP) is 4.26. The highest BCUT2D eigenvalue weighted by atomic mass is 32.1. The number of hydrogen-bond acceptors (Lipinski definition) is 15. The summed E-state index contributed by atoms with van der Waals surface area (Å²) in [6.07, 6.45) is -1.64. The molecule has 2 aromatic rings. The number of thiophene rings is 1. The first kappa shape index (κ1) is 45.8. The topological polar surface area (TPSA) is 167 Å². The standard InChI is InChI=1S/C44H59FN4O10S/c1-12-30-44(8)33-31(38(53)59-44)49(11)23-41(33,5)34(51)24(2)22-42(6,55-20-13-15-27-16-17-29(60-27)37-46-18-14-19-47-37)36(26(4)35(52)43(7,45)40(54)57-30)58-39-32(50)28(48(9)10)21-25(3)56-39/h14,16-19,24-26,28,30-33,36,39,50H,12,20-23H2,1-11H3/t24-,25-,26+,28+,30-,31?,32-,33?,36-,39+,41?,42+,43+,44-/m1/s1. The molecule has 0 saturated carbocycles. The highest BCUT2D eigenvalue weighted by Gasteiger charge is 2.71. The van der Waals surface area contributed by atoms with Gasteiger partial charge in [0.15, 0.2) is 23.5 Å². The second kappa shape index (κ2) is 17.2. The van der Waals surface area contributed by atoms with Gasteiger partial charge in [-0.15, -0.1) is 11.3 Å². The maximum Gasteiger partial charge on any atom is 0.351 e. The average molecular weight is 855 g/mol. The van der Waals surface area contributed by atoms with Crippen LogP contribution in [0.15, 0.2) is 30.6 Å². The van der Waals surface area contributed by atoms with E-state index in [0.29, 0.717) is 17.1 Å². The van der Waals surface area contributed by atoms with Crippen molar-refractivity contribution in [1.82, 2.24) is 19.8 Å². The molecule has 4 fully saturated rings. The van der Waals surface area contributed by atoms with Crippen molar-refractivity contribution >= 4 is 34.8 Å². The third-order valence-electron chi connectivity index (χ3n) is 13.2. The fourth-order valence-electron chi connectivity index (χ4n) is 10.3. The minimum absolute atomic E-state index is 0.0629. The van der Waals surface area contributed by atoms with Crippen molar-refractivity contribution in [2.75, 3.05) is 34.3 Å². The van der Waals surface area contributed by atoms with Crippen molar-refractivity contribution in [1.29, 1.82) is 0 Å². The van der Waals surface area contributed by atoms with Gasteiger partial charge in [0.25, 0.3) is 5.67 Å². The third-order valence-corrected chi connectivity index (χ3v) is 14.2. The number of carbonyl (C=O) groups is 4. The summed E-state index contributed by atoms with van der Waals surface area (Å²) in [7, 11) is 5.38. The SMILES string of the molecule is CC[C@H]1OC(=O)[C@@](C)(F)C(=O)[C@H](C)[C@@H](O[C@@H]2O[C@H](C)C[C@H](N(C)C)[C@H]2O)[C@@](C)(OCC#Cc2ccc(-c3ncccn3)s2)C[C@@H](C)C(=O)C2(C)CN(C)C3C(=O)O[C@@]1(C)C32. The van der Waals surface area contributed by atoms with E-state index in [4.69, 9.17) is 23.7 Å². The number of hydrogen-bond donors (Lipinski definition) is 1. The number of nitrogens with zero attached hydrogens (tertiary/aromatic N) is 4. The number of aromatic nitrogens is 2. The molecule has 4 aliphatic heterocycles. The Morgan fingerprint density at radius 2 is 1.75 bits per heavy atom. The van der Waals surface area contributed by atoms with E-state index in [0.717, 1.165) is 11.8 Å². The van der Waals surface area contributed by atoms with Crippen LogP contribution in [0.5, 0.6) is 0 Å². The maximum absolute atomic E-state index is 17.1. The lowest BCUT2D eigenvalue weighted by Crippen LogP contribution is -2.61. The van der Waals surface area contributed by atoms with Crippen LogP contribution in [0.1, 0.15) is 79.5 Å². The van der Waals surface area contributed by atoms with Crippen molar-refractivity contribution in [3.05, 3.63) is 35.5 Å². The van der Waals surface area contributed by atoms with E-state index in [1.807, 2.05) is 38.1 Å². The Labute approximate surface area is 355 Å². The number of esters is 2. The van der Waals surface area contributed by atoms with Crippen molar-refractivity contribution < 1.29 is 52.4 Å². The van der Waals surface area contributed by atoms with E-state index in [-0.39, 0.29) is 37.9 Å². The highest BCUT2D eigenvalue weighted by Crippen LogP contribution is 2.56. The van der Waals surface area contributed by atoms with Gasteiger partial charge < -0.3 is 33.7 Å². The van der Waals surface area contributed by atoms with Crippen LogP contribution in [-0.2, 0) is 42.9 Å². The molecule has 6 rings (SSSR count). The molecule has 4 saturated heterocycles. The van der Waals surface area contributed by atoms with Crippen molar-refractivity contribution in [3.8, 4) is 22.5 Å². The number of aliphatic hydroxyl groups is 1. The fourth-order valence-corrected chi connectivity index (χ4v) is 11.1. The lowest BCUT2D eigenvalue weighted by molar-refractivity contribution is -0.296. The Morgan fingerprint density at radius 3 is 2.40 bits per heavy atom. The van der Waals surface area contributed by atoms with E-state index in [2.05, 4.69) is 21.8 Å². The van der Waals surface area contributed by atoms with Gasteiger partial charge in [0, 0.05) is 48.1 Å². The van der Waals surface area contributed by atoms with Gasteiger partial charge in [0.05, 0.1) is 27.6 Å². The molecule has 3 unspecified atom stereocenters. The summed E-state index contributed by atoms with van der Waals surface area (Å²) >= 11 is 1.39. The van der Waals surface area contributed by atoms with Crippen LogP contribution in [0.3, 0.4) is 0 Å². The van der Waals surface area contributed by atoms with Crippen LogP contribution in [-0.4, -0.2) is 142 Å². The van der Waals surface area contributed by atoms with Crippen molar-refractivity contribution in [2.45, 2.75) is 134 Å². The lowest BCUT2D eigenvalue weighted by Gasteiger charge is -2.48. The van der Waals surface area contributed by atoms with Gasteiger partial charge in [0.1, 0.15) is 30.6 Å². The number of likely N-dealkylation sites (tertiary alicyclic amines) is 1. The number of aliphatic hydroxyl groups excluding tert-OH is 1. The third kappa shape index (κ3) is 8.31. The number of Topliss-reactive ketones (excluding diaryl/α,β-unsaturated/α-hetero) is 2. The van der Waals surface area contributed by atoms with Crippen LogP contribution in [0.2, 0.25) is 0 Å². The molecule has 60 heavy (non-hydrogen) atoms.